The molecular formula is C10H10INO2S. The zero-order valence-electron chi connectivity index (χ0n) is 8.14. The van der Waals surface area contributed by atoms with E-state index in [1.165, 1.54) is 7.05 Å². The van der Waals surface area contributed by atoms with Crippen LogP contribution in [0.25, 0.3) is 0 Å². The van der Waals surface area contributed by atoms with Crippen LogP contribution < -0.4 is 0 Å². The number of terminal acetylenes is 1. The van der Waals surface area contributed by atoms with E-state index in [9.17, 15) is 8.42 Å². The van der Waals surface area contributed by atoms with Crippen molar-refractivity contribution in [2.24, 2.45) is 0 Å². The molecule has 3 nitrogen and oxygen atoms in total. The lowest BCUT2D eigenvalue weighted by Crippen LogP contribution is -2.27. The summed E-state index contributed by atoms with van der Waals surface area (Å²) in [5.74, 6) is 2.30. The fraction of sp³-hybridized carbons (Fsp3) is 0.200. The van der Waals surface area contributed by atoms with Crippen molar-refractivity contribution in [3.63, 3.8) is 0 Å². The quantitative estimate of drug-likeness (QED) is 0.621. The SMILES string of the molecule is C#CCN(C)S(=O)(=O)c1ccc(I)cc1. The molecule has 1 rings (SSSR count). The summed E-state index contributed by atoms with van der Waals surface area (Å²) in [6, 6.07) is 6.64. The van der Waals surface area contributed by atoms with Crippen molar-refractivity contribution in [2.45, 2.75) is 4.90 Å². The van der Waals surface area contributed by atoms with E-state index < -0.39 is 10.0 Å². The molecular weight excluding hydrogens is 325 g/mol. The van der Waals surface area contributed by atoms with Crippen molar-refractivity contribution in [3.8, 4) is 12.3 Å². The molecule has 0 amide bonds. The van der Waals surface area contributed by atoms with E-state index in [-0.39, 0.29) is 11.4 Å². The van der Waals surface area contributed by atoms with Crippen LogP contribution in [0.2, 0.25) is 0 Å². The third-order valence-corrected chi connectivity index (χ3v) is 4.37. The van der Waals surface area contributed by atoms with E-state index >= 15 is 0 Å². The summed E-state index contributed by atoms with van der Waals surface area (Å²) in [7, 11) is -1.96. The Kier molecular flexibility index (Phi) is 4.13. The molecule has 0 saturated heterocycles. The molecule has 0 radical (unpaired) electrons. The van der Waals surface area contributed by atoms with Crippen LogP contribution in [0.1, 0.15) is 0 Å². The number of benzene rings is 1. The van der Waals surface area contributed by atoms with E-state index in [0.717, 1.165) is 7.88 Å². The van der Waals surface area contributed by atoms with Gasteiger partial charge in [0, 0.05) is 10.6 Å². The van der Waals surface area contributed by atoms with Crippen molar-refractivity contribution < 1.29 is 8.42 Å². The van der Waals surface area contributed by atoms with Crippen molar-refractivity contribution >= 4 is 32.6 Å². The highest BCUT2D eigenvalue weighted by atomic mass is 127. The molecule has 5 heteroatoms. The highest BCUT2D eigenvalue weighted by Crippen LogP contribution is 2.15. The Balaban J connectivity index is 3.07. The first-order valence-electron chi connectivity index (χ1n) is 4.14. The smallest absolute Gasteiger partial charge is 0.207 e. The molecule has 0 saturated carbocycles. The zero-order valence-corrected chi connectivity index (χ0v) is 11.1. The van der Waals surface area contributed by atoms with E-state index in [0.29, 0.717) is 0 Å². The number of sulfonamides is 1. The summed E-state index contributed by atoms with van der Waals surface area (Å²) in [6.07, 6.45) is 5.07. The van der Waals surface area contributed by atoms with Gasteiger partial charge in [-0.15, -0.1) is 6.42 Å². The van der Waals surface area contributed by atoms with Gasteiger partial charge < -0.3 is 0 Å². The van der Waals surface area contributed by atoms with Crippen LogP contribution in [0.3, 0.4) is 0 Å². The Morgan fingerprint density at radius 2 is 1.93 bits per heavy atom. The Bertz CT molecular complexity index is 473. The average molecular weight is 335 g/mol. The summed E-state index contributed by atoms with van der Waals surface area (Å²) in [6.45, 7) is 0.0777. The van der Waals surface area contributed by atoms with Gasteiger partial charge >= 0.3 is 0 Å². The van der Waals surface area contributed by atoms with Gasteiger partial charge in [-0.25, -0.2) is 8.42 Å². The zero-order chi connectivity index (χ0) is 11.5. The van der Waals surface area contributed by atoms with Crippen molar-refractivity contribution in [1.29, 1.82) is 0 Å². The maximum Gasteiger partial charge on any atom is 0.243 e. The molecule has 1 aromatic rings. The summed E-state index contributed by atoms with van der Waals surface area (Å²) < 4.78 is 25.9. The number of rotatable bonds is 3. The van der Waals surface area contributed by atoms with E-state index in [4.69, 9.17) is 6.42 Å². The minimum absolute atomic E-state index is 0.0777. The summed E-state index contributed by atoms with van der Waals surface area (Å²) in [5.41, 5.74) is 0. The molecule has 0 atom stereocenters. The van der Waals surface area contributed by atoms with Gasteiger partial charge in [-0.2, -0.15) is 4.31 Å². The van der Waals surface area contributed by atoms with Crippen molar-refractivity contribution in [3.05, 3.63) is 27.8 Å². The number of hydrogen-bond donors (Lipinski definition) is 0. The number of hydrogen-bond acceptors (Lipinski definition) is 2. The summed E-state index contributed by atoms with van der Waals surface area (Å²) >= 11 is 2.12. The van der Waals surface area contributed by atoms with Crippen molar-refractivity contribution in [1.82, 2.24) is 4.31 Å². The predicted octanol–water partition coefficient (Wildman–Crippen LogP) is 1.54. The van der Waals surface area contributed by atoms with Crippen LogP contribution in [0.4, 0.5) is 0 Å². The molecule has 0 heterocycles. The fourth-order valence-electron chi connectivity index (χ4n) is 1.00. The van der Waals surface area contributed by atoms with E-state index in [2.05, 4.69) is 28.5 Å². The molecule has 0 aromatic heterocycles. The van der Waals surface area contributed by atoms with E-state index in [1.54, 1.807) is 24.3 Å². The molecule has 0 aliphatic heterocycles. The molecule has 0 aliphatic rings. The van der Waals surface area contributed by atoms with Gasteiger partial charge in [0.25, 0.3) is 0 Å². The number of nitrogens with zero attached hydrogens (tertiary/aromatic N) is 1. The van der Waals surface area contributed by atoms with Crippen molar-refractivity contribution in [2.75, 3.05) is 13.6 Å². The normalized spacial score (nSPS) is 11.3. The van der Waals surface area contributed by atoms with Crippen LogP contribution in [0.15, 0.2) is 29.2 Å². The van der Waals surface area contributed by atoms with Crippen LogP contribution >= 0.6 is 22.6 Å². The first-order chi connectivity index (χ1) is 6.98. The lowest BCUT2D eigenvalue weighted by atomic mass is 10.4. The fourth-order valence-corrected chi connectivity index (χ4v) is 2.44. The average Bonchev–Trinajstić information content (AvgIpc) is 2.18. The molecule has 15 heavy (non-hydrogen) atoms. The van der Waals surface area contributed by atoms with E-state index in [1.807, 2.05) is 0 Å². The molecule has 1 aromatic carbocycles. The Labute approximate surface area is 104 Å². The maximum atomic E-state index is 11.9. The molecule has 0 spiro atoms. The van der Waals surface area contributed by atoms with Gasteiger partial charge in [0.1, 0.15) is 0 Å². The topological polar surface area (TPSA) is 37.4 Å². The largest absolute Gasteiger partial charge is 0.243 e. The Morgan fingerprint density at radius 1 is 1.40 bits per heavy atom. The highest BCUT2D eigenvalue weighted by molar-refractivity contribution is 14.1. The summed E-state index contributed by atoms with van der Waals surface area (Å²) in [4.78, 5) is 0.265. The molecule has 0 bridgehead atoms. The minimum Gasteiger partial charge on any atom is -0.207 e. The molecule has 80 valence electrons. The number of halogens is 1. The second-order valence-corrected chi connectivity index (χ2v) is 6.21. The Morgan fingerprint density at radius 3 is 2.40 bits per heavy atom. The lowest BCUT2D eigenvalue weighted by molar-refractivity contribution is 0.503. The minimum atomic E-state index is -3.43. The highest BCUT2D eigenvalue weighted by Gasteiger charge is 2.19. The predicted molar refractivity (Wildman–Crippen MR) is 67.8 cm³/mol. The molecule has 0 unspecified atom stereocenters. The third kappa shape index (κ3) is 2.93. The third-order valence-electron chi connectivity index (χ3n) is 1.84. The standard InChI is InChI=1S/C10H10INO2S/c1-3-8-12(2)15(13,14)10-6-4-9(11)5-7-10/h1,4-7H,8H2,2H3. The monoisotopic (exact) mass is 335 g/mol. The van der Waals surface area contributed by atoms with Gasteiger partial charge in [-0.3, -0.25) is 0 Å². The lowest BCUT2D eigenvalue weighted by Gasteiger charge is -2.13. The molecule has 0 N–H and O–H groups in total. The second kappa shape index (κ2) is 4.96. The summed E-state index contributed by atoms with van der Waals surface area (Å²) in [5, 5.41) is 0. The molecule has 0 aliphatic carbocycles. The van der Waals surface area contributed by atoms with Gasteiger partial charge in [-0.1, -0.05) is 5.92 Å². The van der Waals surface area contributed by atoms with Crippen LogP contribution in [0.5, 0.6) is 0 Å². The Hall–Kier alpha value is -0.580. The first-order valence-corrected chi connectivity index (χ1v) is 6.65. The van der Waals surface area contributed by atoms with Gasteiger partial charge in [-0.05, 0) is 46.9 Å². The maximum absolute atomic E-state index is 11.9. The molecule has 0 fully saturated rings. The van der Waals surface area contributed by atoms with Crippen LogP contribution in [0, 0.1) is 15.9 Å². The van der Waals surface area contributed by atoms with Gasteiger partial charge in [0.05, 0.1) is 11.4 Å². The first kappa shape index (κ1) is 12.5. The van der Waals surface area contributed by atoms with Gasteiger partial charge in [0.15, 0.2) is 0 Å². The van der Waals surface area contributed by atoms with Crippen LogP contribution in [-0.4, -0.2) is 26.3 Å². The second-order valence-electron chi connectivity index (χ2n) is 2.92. The van der Waals surface area contributed by atoms with Crippen LogP contribution in [-0.2, 0) is 10.0 Å². The van der Waals surface area contributed by atoms with Gasteiger partial charge in [0.2, 0.25) is 10.0 Å².